The summed E-state index contributed by atoms with van der Waals surface area (Å²) in [7, 11) is 3.19. The molecular formula is C31H40N2O6. The molecule has 3 aromatic rings. The van der Waals surface area contributed by atoms with Crippen molar-refractivity contribution in [2.75, 3.05) is 33.9 Å². The molecule has 1 heterocycles. The maximum absolute atomic E-state index is 13.6. The third kappa shape index (κ3) is 8.53. The number of ether oxygens (including phenoxy) is 3. The molecular weight excluding hydrogens is 496 g/mol. The first-order chi connectivity index (χ1) is 18.9. The number of furan rings is 1. The zero-order valence-electron chi connectivity index (χ0n) is 23.6. The Bertz CT molecular complexity index is 1170. The van der Waals surface area contributed by atoms with Gasteiger partial charge in [0.2, 0.25) is 5.91 Å². The second kappa shape index (κ2) is 14.9. The van der Waals surface area contributed by atoms with Gasteiger partial charge in [0.1, 0.15) is 18.1 Å². The second-order valence-corrected chi connectivity index (χ2v) is 9.59. The fourth-order valence-corrected chi connectivity index (χ4v) is 4.11. The highest BCUT2D eigenvalue weighted by Crippen LogP contribution is 2.28. The van der Waals surface area contributed by atoms with Gasteiger partial charge in [-0.1, -0.05) is 19.4 Å². The lowest BCUT2D eigenvalue weighted by molar-refractivity contribution is -0.133. The Morgan fingerprint density at radius 2 is 1.72 bits per heavy atom. The van der Waals surface area contributed by atoms with E-state index in [0.29, 0.717) is 48.9 Å². The highest BCUT2D eigenvalue weighted by atomic mass is 16.5. The minimum atomic E-state index is -0.198. The topological polar surface area (TPSA) is 81.5 Å². The molecule has 39 heavy (non-hydrogen) atoms. The molecule has 8 nitrogen and oxygen atoms in total. The van der Waals surface area contributed by atoms with Crippen LogP contribution in [-0.4, -0.2) is 61.6 Å². The molecule has 0 saturated carbocycles. The van der Waals surface area contributed by atoms with Crippen molar-refractivity contribution < 1.29 is 28.2 Å². The Kier molecular flexibility index (Phi) is 11.3. The van der Waals surface area contributed by atoms with Crippen LogP contribution in [0.15, 0.2) is 65.3 Å². The van der Waals surface area contributed by atoms with Gasteiger partial charge in [-0.15, -0.1) is 0 Å². The van der Waals surface area contributed by atoms with E-state index in [-0.39, 0.29) is 24.4 Å². The molecule has 0 aliphatic heterocycles. The average Bonchev–Trinajstić information content (AvgIpc) is 3.47. The number of benzene rings is 2. The number of hydrogen-bond donors (Lipinski definition) is 0. The van der Waals surface area contributed by atoms with Crippen LogP contribution in [0.1, 0.15) is 55.3 Å². The van der Waals surface area contributed by atoms with Crippen molar-refractivity contribution in [1.29, 1.82) is 0 Å². The van der Waals surface area contributed by atoms with Crippen LogP contribution in [0.5, 0.6) is 17.2 Å². The van der Waals surface area contributed by atoms with E-state index in [0.717, 1.165) is 24.2 Å². The van der Waals surface area contributed by atoms with Gasteiger partial charge in [0, 0.05) is 18.2 Å². The summed E-state index contributed by atoms with van der Waals surface area (Å²) in [4.78, 5) is 30.3. The Morgan fingerprint density at radius 3 is 2.33 bits per heavy atom. The molecule has 2 amide bonds. The Balaban J connectivity index is 1.72. The molecule has 3 rings (SSSR count). The normalized spacial score (nSPS) is 10.8. The third-order valence-electron chi connectivity index (χ3n) is 6.46. The SMILES string of the molecule is CCCCOc1ccc(C(=O)N(CC(=O)N(CCc2ccc(OC)c(OC)c2)Cc2ccco2)C(C)C)cc1. The van der Waals surface area contributed by atoms with Gasteiger partial charge in [-0.05, 0) is 80.8 Å². The number of hydrogen-bond acceptors (Lipinski definition) is 6. The van der Waals surface area contributed by atoms with Crippen molar-refractivity contribution in [2.45, 2.75) is 52.6 Å². The largest absolute Gasteiger partial charge is 0.494 e. The second-order valence-electron chi connectivity index (χ2n) is 9.59. The minimum absolute atomic E-state index is 0.0438. The summed E-state index contributed by atoms with van der Waals surface area (Å²) in [5.74, 6) is 2.34. The molecule has 0 aliphatic carbocycles. The van der Waals surface area contributed by atoms with E-state index in [1.807, 2.05) is 38.1 Å². The van der Waals surface area contributed by atoms with Crippen molar-refractivity contribution in [2.24, 2.45) is 0 Å². The van der Waals surface area contributed by atoms with E-state index in [9.17, 15) is 9.59 Å². The highest BCUT2D eigenvalue weighted by molar-refractivity contribution is 5.96. The first kappa shape index (κ1) is 29.6. The summed E-state index contributed by atoms with van der Waals surface area (Å²) in [5, 5.41) is 0. The van der Waals surface area contributed by atoms with E-state index in [2.05, 4.69) is 6.92 Å². The van der Waals surface area contributed by atoms with E-state index in [1.165, 1.54) is 0 Å². The van der Waals surface area contributed by atoms with Crippen LogP contribution in [0.2, 0.25) is 0 Å². The minimum Gasteiger partial charge on any atom is -0.494 e. The van der Waals surface area contributed by atoms with E-state index in [1.54, 1.807) is 60.6 Å². The lowest BCUT2D eigenvalue weighted by atomic mass is 10.1. The zero-order chi connectivity index (χ0) is 28.2. The molecule has 2 aromatic carbocycles. The summed E-state index contributed by atoms with van der Waals surface area (Å²) >= 11 is 0. The number of carbonyl (C=O) groups is 2. The highest BCUT2D eigenvalue weighted by Gasteiger charge is 2.25. The number of methoxy groups -OCH3 is 2. The van der Waals surface area contributed by atoms with Gasteiger partial charge < -0.3 is 28.4 Å². The lowest BCUT2D eigenvalue weighted by Crippen LogP contribution is -2.46. The smallest absolute Gasteiger partial charge is 0.254 e. The van der Waals surface area contributed by atoms with Crippen molar-refractivity contribution in [3.05, 3.63) is 77.7 Å². The van der Waals surface area contributed by atoms with Crippen LogP contribution in [0.25, 0.3) is 0 Å². The van der Waals surface area contributed by atoms with Crippen molar-refractivity contribution in [1.82, 2.24) is 9.80 Å². The predicted molar refractivity (Wildman–Crippen MR) is 150 cm³/mol. The molecule has 0 unspecified atom stereocenters. The third-order valence-corrected chi connectivity index (χ3v) is 6.46. The standard InChI is InChI=1S/C31H40N2O6/c1-6-7-18-38-26-13-11-25(12-14-26)31(35)33(23(2)3)22-30(34)32(21-27-9-8-19-39-27)17-16-24-10-15-28(36-4)29(20-24)37-5/h8-15,19-20,23H,6-7,16-18,21-22H2,1-5H3. The Labute approximate surface area is 231 Å². The molecule has 0 spiro atoms. The van der Waals surface area contributed by atoms with Crippen LogP contribution in [-0.2, 0) is 17.8 Å². The maximum atomic E-state index is 13.6. The van der Waals surface area contributed by atoms with Crippen LogP contribution >= 0.6 is 0 Å². The van der Waals surface area contributed by atoms with Crippen molar-refractivity contribution in [3.63, 3.8) is 0 Å². The number of carbonyl (C=O) groups excluding carboxylic acids is 2. The van der Waals surface area contributed by atoms with Gasteiger partial charge in [0.15, 0.2) is 11.5 Å². The molecule has 8 heteroatoms. The van der Waals surface area contributed by atoms with Gasteiger partial charge in [0.25, 0.3) is 5.91 Å². The van der Waals surface area contributed by atoms with E-state index >= 15 is 0 Å². The fourth-order valence-electron chi connectivity index (χ4n) is 4.11. The summed E-state index contributed by atoms with van der Waals surface area (Å²) in [5.41, 5.74) is 1.52. The van der Waals surface area contributed by atoms with Crippen LogP contribution in [0.3, 0.4) is 0 Å². The van der Waals surface area contributed by atoms with E-state index < -0.39 is 0 Å². The molecule has 0 saturated heterocycles. The molecule has 1 aromatic heterocycles. The molecule has 0 aliphatic rings. The van der Waals surface area contributed by atoms with Gasteiger partial charge in [0.05, 0.1) is 33.6 Å². The molecule has 210 valence electrons. The quantitative estimate of drug-likeness (QED) is 0.235. The first-order valence-corrected chi connectivity index (χ1v) is 13.4. The van der Waals surface area contributed by atoms with Gasteiger partial charge in [-0.25, -0.2) is 0 Å². The molecule has 0 N–H and O–H groups in total. The Hall–Kier alpha value is -3.94. The fraction of sp³-hybridized carbons (Fsp3) is 0.419. The zero-order valence-corrected chi connectivity index (χ0v) is 23.6. The predicted octanol–water partition coefficient (Wildman–Crippen LogP) is 5.60. The summed E-state index contributed by atoms with van der Waals surface area (Å²) in [6.07, 6.45) is 4.22. The van der Waals surface area contributed by atoms with Gasteiger partial charge in [-0.3, -0.25) is 9.59 Å². The maximum Gasteiger partial charge on any atom is 0.254 e. The molecule has 0 atom stereocenters. The first-order valence-electron chi connectivity index (χ1n) is 13.4. The van der Waals surface area contributed by atoms with Gasteiger partial charge in [-0.2, -0.15) is 0 Å². The Morgan fingerprint density at radius 1 is 0.974 bits per heavy atom. The van der Waals surface area contributed by atoms with E-state index in [4.69, 9.17) is 18.6 Å². The molecule has 0 bridgehead atoms. The molecule has 0 fully saturated rings. The summed E-state index contributed by atoms with van der Waals surface area (Å²) in [6.45, 7) is 7.28. The lowest BCUT2D eigenvalue weighted by Gasteiger charge is -2.30. The number of nitrogens with zero attached hydrogens (tertiary/aromatic N) is 2. The number of unbranched alkanes of at least 4 members (excludes halogenated alkanes) is 1. The summed E-state index contributed by atoms with van der Waals surface area (Å²) in [6, 6.07) is 16.3. The van der Waals surface area contributed by atoms with Crippen LogP contribution in [0, 0.1) is 0 Å². The van der Waals surface area contributed by atoms with Crippen LogP contribution in [0.4, 0.5) is 0 Å². The summed E-state index contributed by atoms with van der Waals surface area (Å²) < 4.78 is 22.0. The average molecular weight is 537 g/mol. The van der Waals surface area contributed by atoms with Gasteiger partial charge >= 0.3 is 0 Å². The van der Waals surface area contributed by atoms with Crippen molar-refractivity contribution in [3.8, 4) is 17.2 Å². The monoisotopic (exact) mass is 536 g/mol. The number of rotatable bonds is 15. The number of amides is 2. The van der Waals surface area contributed by atoms with Crippen LogP contribution < -0.4 is 14.2 Å². The van der Waals surface area contributed by atoms with Crippen molar-refractivity contribution >= 4 is 11.8 Å². The molecule has 0 radical (unpaired) electrons.